The molecule has 1 saturated heterocycles. The van der Waals surface area contributed by atoms with E-state index in [1.165, 1.54) is 11.3 Å². The zero-order chi connectivity index (χ0) is 23.0. The van der Waals surface area contributed by atoms with Crippen LogP contribution in [0.4, 0.5) is 13.2 Å². The Morgan fingerprint density at radius 1 is 1.31 bits per heavy atom. The Hall–Kier alpha value is -2.54. The Morgan fingerprint density at radius 3 is 2.81 bits per heavy atom. The van der Waals surface area contributed by atoms with Crippen LogP contribution in [0.15, 0.2) is 11.4 Å². The predicted molar refractivity (Wildman–Crippen MR) is 112 cm³/mol. The second-order valence-electron chi connectivity index (χ2n) is 7.22. The van der Waals surface area contributed by atoms with Gasteiger partial charge in [0.2, 0.25) is 11.7 Å². The lowest BCUT2D eigenvalue weighted by Gasteiger charge is -2.14. The molecule has 0 saturated carbocycles. The van der Waals surface area contributed by atoms with E-state index in [1.807, 2.05) is 0 Å². The van der Waals surface area contributed by atoms with Crippen molar-refractivity contribution in [1.82, 2.24) is 14.9 Å². The quantitative estimate of drug-likeness (QED) is 0.519. The van der Waals surface area contributed by atoms with Gasteiger partial charge < -0.3 is 19.8 Å². The normalized spacial score (nSPS) is 16.2. The van der Waals surface area contributed by atoms with E-state index in [0.29, 0.717) is 46.8 Å². The standard InChI is InChI=1S/C20H18F3N3O4S2/c1-9-19(32-14(24-9)6-30-7-15(28)26-3-2-10(27)5-26)13-8-31-20(25-13)11-4-12(21)18(29)17(23)16(11)22/h4,8,10,27,29H,2-3,5-7H2,1H3. The second-order valence-corrected chi connectivity index (χ2v) is 9.16. The van der Waals surface area contributed by atoms with Crippen LogP contribution in [0, 0.1) is 24.4 Å². The number of phenols is 1. The van der Waals surface area contributed by atoms with Crippen molar-refractivity contribution in [2.24, 2.45) is 0 Å². The Balaban J connectivity index is 1.45. The van der Waals surface area contributed by atoms with E-state index < -0.39 is 29.3 Å². The molecule has 3 aromatic rings. The van der Waals surface area contributed by atoms with Crippen LogP contribution in [-0.2, 0) is 16.1 Å². The van der Waals surface area contributed by atoms with E-state index in [4.69, 9.17) is 4.74 Å². The fraction of sp³-hybridized carbons (Fsp3) is 0.350. The van der Waals surface area contributed by atoms with Crippen LogP contribution in [0.2, 0.25) is 0 Å². The van der Waals surface area contributed by atoms with Gasteiger partial charge in [-0.2, -0.15) is 4.39 Å². The van der Waals surface area contributed by atoms with E-state index in [1.54, 1.807) is 17.2 Å². The number of hydrogen-bond acceptors (Lipinski definition) is 8. The van der Waals surface area contributed by atoms with Crippen LogP contribution in [0.1, 0.15) is 17.1 Å². The average molecular weight is 486 g/mol. The summed E-state index contributed by atoms with van der Waals surface area (Å²) in [5, 5.41) is 21.0. The smallest absolute Gasteiger partial charge is 0.248 e. The molecule has 1 aromatic carbocycles. The first kappa shape index (κ1) is 22.6. The number of phenolic OH excluding ortho intramolecular Hbond substituents is 1. The summed E-state index contributed by atoms with van der Waals surface area (Å²) >= 11 is 2.28. The fourth-order valence-electron chi connectivity index (χ4n) is 3.28. The minimum Gasteiger partial charge on any atom is -0.503 e. The maximum absolute atomic E-state index is 14.2. The summed E-state index contributed by atoms with van der Waals surface area (Å²) in [5.74, 6) is -5.89. The largest absolute Gasteiger partial charge is 0.503 e. The number of likely N-dealkylation sites (tertiary alicyclic amines) is 1. The summed E-state index contributed by atoms with van der Waals surface area (Å²) in [7, 11) is 0. The summed E-state index contributed by atoms with van der Waals surface area (Å²) in [5.41, 5.74) is 0.718. The number of thiazole rings is 2. The molecule has 1 aliphatic rings. The highest BCUT2D eigenvalue weighted by Gasteiger charge is 2.25. The van der Waals surface area contributed by atoms with Gasteiger partial charge in [0.05, 0.1) is 34.5 Å². The number of benzene rings is 1. The van der Waals surface area contributed by atoms with E-state index in [-0.39, 0.29) is 29.7 Å². The number of aryl methyl sites for hydroxylation is 1. The molecule has 1 aliphatic heterocycles. The Bertz CT molecular complexity index is 1170. The van der Waals surface area contributed by atoms with Crippen LogP contribution < -0.4 is 0 Å². The van der Waals surface area contributed by atoms with Gasteiger partial charge in [-0.05, 0) is 19.4 Å². The monoisotopic (exact) mass is 485 g/mol. The van der Waals surface area contributed by atoms with E-state index in [0.717, 1.165) is 11.3 Å². The van der Waals surface area contributed by atoms with Gasteiger partial charge in [-0.15, -0.1) is 22.7 Å². The molecule has 12 heteroatoms. The summed E-state index contributed by atoms with van der Waals surface area (Å²) in [6.07, 6.45) is 0.0677. The summed E-state index contributed by atoms with van der Waals surface area (Å²) in [6, 6.07) is 0.700. The first-order valence-corrected chi connectivity index (χ1v) is 11.3. The molecular formula is C20H18F3N3O4S2. The number of aliphatic hydroxyl groups excluding tert-OH is 1. The van der Waals surface area contributed by atoms with E-state index in [9.17, 15) is 28.2 Å². The Morgan fingerprint density at radius 2 is 2.09 bits per heavy atom. The van der Waals surface area contributed by atoms with Gasteiger partial charge in [0.15, 0.2) is 17.4 Å². The third-order valence-corrected chi connectivity index (χ3v) is 6.94. The predicted octanol–water partition coefficient (Wildman–Crippen LogP) is 3.47. The minimum atomic E-state index is -1.66. The number of β-amino-alcohol motifs (C(OH)–C–C–N with tert-alkyl or cyclic N) is 1. The van der Waals surface area contributed by atoms with Crippen LogP contribution in [0.3, 0.4) is 0 Å². The molecule has 4 rings (SSSR count). The van der Waals surface area contributed by atoms with Crippen molar-refractivity contribution in [2.75, 3.05) is 19.7 Å². The Kier molecular flexibility index (Phi) is 6.47. The molecule has 170 valence electrons. The highest BCUT2D eigenvalue weighted by Crippen LogP contribution is 2.37. The zero-order valence-corrected chi connectivity index (χ0v) is 18.4. The number of carbonyl (C=O) groups excluding carboxylic acids is 1. The lowest BCUT2D eigenvalue weighted by molar-refractivity contribution is -0.135. The lowest BCUT2D eigenvalue weighted by Crippen LogP contribution is -2.32. The van der Waals surface area contributed by atoms with Gasteiger partial charge >= 0.3 is 0 Å². The maximum Gasteiger partial charge on any atom is 0.248 e. The molecule has 7 nitrogen and oxygen atoms in total. The number of aromatic nitrogens is 2. The molecule has 0 spiro atoms. The van der Waals surface area contributed by atoms with Crippen LogP contribution in [0.5, 0.6) is 5.75 Å². The van der Waals surface area contributed by atoms with Crippen LogP contribution >= 0.6 is 22.7 Å². The highest BCUT2D eigenvalue weighted by molar-refractivity contribution is 7.16. The molecule has 2 N–H and O–H groups in total. The highest BCUT2D eigenvalue weighted by atomic mass is 32.1. The number of rotatable bonds is 6. The number of halogens is 3. The van der Waals surface area contributed by atoms with Crippen molar-refractivity contribution in [3.05, 3.63) is 39.6 Å². The summed E-state index contributed by atoms with van der Waals surface area (Å²) < 4.78 is 47.0. The fourth-order valence-corrected chi connectivity index (χ4v) is 5.14. The first-order chi connectivity index (χ1) is 15.2. The van der Waals surface area contributed by atoms with Crippen LogP contribution in [-0.4, -0.2) is 56.8 Å². The average Bonchev–Trinajstić information content (AvgIpc) is 3.49. The third kappa shape index (κ3) is 4.49. The topological polar surface area (TPSA) is 95.8 Å². The molecule has 0 aliphatic carbocycles. The number of ether oxygens (including phenoxy) is 1. The number of aromatic hydroxyl groups is 1. The van der Waals surface area contributed by atoms with Gasteiger partial charge in [-0.3, -0.25) is 4.79 Å². The van der Waals surface area contributed by atoms with Gasteiger partial charge in [0, 0.05) is 18.5 Å². The van der Waals surface area contributed by atoms with Gasteiger partial charge in [-0.25, -0.2) is 18.7 Å². The molecular weight excluding hydrogens is 467 g/mol. The molecule has 1 fully saturated rings. The van der Waals surface area contributed by atoms with E-state index in [2.05, 4.69) is 9.97 Å². The number of aliphatic hydroxyl groups is 1. The first-order valence-electron chi connectivity index (χ1n) is 9.57. The van der Waals surface area contributed by atoms with Crippen molar-refractivity contribution < 1.29 is 32.9 Å². The van der Waals surface area contributed by atoms with E-state index >= 15 is 0 Å². The zero-order valence-electron chi connectivity index (χ0n) is 16.8. The number of hydrogen-bond donors (Lipinski definition) is 2. The molecule has 3 heterocycles. The minimum absolute atomic E-state index is 0.0549. The van der Waals surface area contributed by atoms with Crippen molar-refractivity contribution in [3.63, 3.8) is 0 Å². The number of nitrogens with zero attached hydrogens (tertiary/aromatic N) is 3. The molecule has 1 atom stereocenters. The third-order valence-electron chi connectivity index (χ3n) is 4.91. The number of carbonyl (C=O) groups is 1. The molecule has 1 unspecified atom stereocenters. The molecule has 32 heavy (non-hydrogen) atoms. The van der Waals surface area contributed by atoms with Gasteiger partial charge in [-0.1, -0.05) is 0 Å². The maximum atomic E-state index is 14.2. The van der Waals surface area contributed by atoms with Crippen molar-refractivity contribution >= 4 is 28.6 Å². The van der Waals surface area contributed by atoms with Crippen molar-refractivity contribution in [2.45, 2.75) is 26.1 Å². The van der Waals surface area contributed by atoms with Crippen molar-refractivity contribution in [3.8, 4) is 26.9 Å². The van der Waals surface area contributed by atoms with Gasteiger partial charge in [0.1, 0.15) is 16.6 Å². The molecule has 1 amide bonds. The van der Waals surface area contributed by atoms with Crippen LogP contribution in [0.25, 0.3) is 21.1 Å². The molecule has 2 aromatic heterocycles. The number of amides is 1. The Labute approximate surface area is 188 Å². The van der Waals surface area contributed by atoms with Crippen molar-refractivity contribution in [1.29, 1.82) is 0 Å². The summed E-state index contributed by atoms with van der Waals surface area (Å²) in [4.78, 5) is 23.0. The van der Waals surface area contributed by atoms with Gasteiger partial charge in [0.25, 0.3) is 0 Å². The lowest BCUT2D eigenvalue weighted by atomic mass is 10.2. The summed E-state index contributed by atoms with van der Waals surface area (Å²) in [6.45, 7) is 2.55. The molecule has 0 radical (unpaired) electrons. The molecule has 0 bridgehead atoms. The second kappa shape index (κ2) is 9.14. The SMILES string of the molecule is Cc1nc(COCC(=O)N2CCC(O)C2)sc1-c1csc(-c2cc(F)c(O)c(F)c2F)n1.